The first-order valence-electron chi connectivity index (χ1n) is 9.72. The van der Waals surface area contributed by atoms with Crippen LogP contribution >= 0.6 is 0 Å². The van der Waals surface area contributed by atoms with Gasteiger partial charge in [-0.15, -0.1) is 0 Å². The molecule has 0 spiro atoms. The van der Waals surface area contributed by atoms with Crippen LogP contribution in [0, 0.1) is 20.8 Å². The molecule has 0 aromatic heterocycles. The highest BCUT2D eigenvalue weighted by molar-refractivity contribution is 6.21. The molecule has 3 amide bonds. The first kappa shape index (κ1) is 21.2. The van der Waals surface area contributed by atoms with Crippen molar-refractivity contribution in [2.75, 3.05) is 11.9 Å². The number of rotatable bonds is 6. The quantitative estimate of drug-likeness (QED) is 0.585. The summed E-state index contributed by atoms with van der Waals surface area (Å²) in [5, 5.41) is 2.80. The number of anilines is 1. The van der Waals surface area contributed by atoms with Gasteiger partial charge in [0.2, 0.25) is 0 Å². The summed E-state index contributed by atoms with van der Waals surface area (Å²) < 4.78 is 5.19. The Labute approximate surface area is 175 Å². The molecular formula is C23H24N2O5. The Hall–Kier alpha value is -3.48. The van der Waals surface area contributed by atoms with Crippen molar-refractivity contribution in [2.24, 2.45) is 0 Å². The predicted molar refractivity (Wildman–Crippen MR) is 111 cm³/mol. The van der Waals surface area contributed by atoms with Crippen molar-refractivity contribution in [3.8, 4) is 0 Å². The average Bonchev–Trinajstić information content (AvgIpc) is 2.93. The highest BCUT2D eigenvalue weighted by Gasteiger charge is 2.35. The molecule has 3 rings (SSSR count). The van der Waals surface area contributed by atoms with Gasteiger partial charge in [-0.25, -0.2) is 0 Å². The summed E-state index contributed by atoms with van der Waals surface area (Å²) >= 11 is 0. The summed E-state index contributed by atoms with van der Waals surface area (Å²) in [5.41, 5.74) is 4.28. The van der Waals surface area contributed by atoms with Gasteiger partial charge in [0.25, 0.3) is 17.7 Å². The molecule has 0 radical (unpaired) electrons. The summed E-state index contributed by atoms with van der Waals surface area (Å²) in [7, 11) is 0. The zero-order valence-corrected chi connectivity index (χ0v) is 17.4. The monoisotopic (exact) mass is 408 g/mol. The lowest BCUT2D eigenvalue weighted by Gasteiger charge is -2.18. The number of imide groups is 1. The zero-order valence-electron chi connectivity index (χ0n) is 17.4. The molecule has 1 unspecified atom stereocenters. The van der Waals surface area contributed by atoms with E-state index in [1.807, 2.05) is 32.9 Å². The maximum Gasteiger partial charge on any atom is 0.308 e. The molecule has 0 saturated carbocycles. The molecule has 1 aliphatic heterocycles. The molecule has 2 aromatic carbocycles. The number of carbonyl (C=O) groups excluding carboxylic acids is 4. The molecule has 7 nitrogen and oxygen atoms in total. The number of nitrogens with one attached hydrogen (secondary N) is 1. The van der Waals surface area contributed by atoms with Gasteiger partial charge in [-0.1, -0.05) is 29.8 Å². The van der Waals surface area contributed by atoms with Crippen LogP contribution < -0.4 is 5.32 Å². The first-order chi connectivity index (χ1) is 14.2. The lowest BCUT2D eigenvalue weighted by atomic mass is 10.0. The van der Waals surface area contributed by atoms with E-state index < -0.39 is 29.8 Å². The van der Waals surface area contributed by atoms with E-state index in [-0.39, 0.29) is 13.0 Å². The van der Waals surface area contributed by atoms with Gasteiger partial charge < -0.3 is 10.1 Å². The van der Waals surface area contributed by atoms with Gasteiger partial charge in [0.15, 0.2) is 6.10 Å². The molecule has 0 aliphatic carbocycles. The molecule has 0 bridgehead atoms. The highest BCUT2D eigenvalue weighted by Crippen LogP contribution is 2.23. The van der Waals surface area contributed by atoms with Crippen LogP contribution in [0.3, 0.4) is 0 Å². The van der Waals surface area contributed by atoms with Crippen LogP contribution in [0.15, 0.2) is 36.4 Å². The zero-order chi connectivity index (χ0) is 22.0. The van der Waals surface area contributed by atoms with Gasteiger partial charge >= 0.3 is 5.97 Å². The predicted octanol–water partition coefficient (Wildman–Crippen LogP) is 3.17. The van der Waals surface area contributed by atoms with Crippen molar-refractivity contribution in [2.45, 2.75) is 40.2 Å². The van der Waals surface area contributed by atoms with Gasteiger partial charge in [0.05, 0.1) is 17.5 Å². The third kappa shape index (κ3) is 4.25. The Morgan fingerprint density at radius 1 is 1.00 bits per heavy atom. The van der Waals surface area contributed by atoms with Gasteiger partial charge in [-0.2, -0.15) is 0 Å². The Kier molecular flexibility index (Phi) is 6.01. The number of esters is 1. The third-order valence-corrected chi connectivity index (χ3v) is 5.02. The number of aryl methyl sites for hydroxylation is 3. The van der Waals surface area contributed by atoms with Crippen LogP contribution in [0.2, 0.25) is 0 Å². The van der Waals surface area contributed by atoms with Crippen LogP contribution in [-0.2, 0) is 14.3 Å². The maximum absolute atomic E-state index is 12.4. The number of hydrogen-bond donors (Lipinski definition) is 1. The van der Waals surface area contributed by atoms with Gasteiger partial charge in [-0.05, 0) is 51.0 Å². The van der Waals surface area contributed by atoms with Gasteiger partial charge in [0, 0.05) is 12.2 Å². The number of amides is 3. The van der Waals surface area contributed by atoms with Gasteiger partial charge in [-0.3, -0.25) is 24.1 Å². The minimum Gasteiger partial charge on any atom is -0.452 e. The largest absolute Gasteiger partial charge is 0.452 e. The molecule has 1 aliphatic rings. The lowest BCUT2D eigenvalue weighted by Crippen LogP contribution is -2.34. The summed E-state index contributed by atoms with van der Waals surface area (Å²) in [6, 6.07) is 10.4. The molecule has 0 fully saturated rings. The Morgan fingerprint density at radius 3 is 2.07 bits per heavy atom. The number of benzene rings is 2. The van der Waals surface area contributed by atoms with Crippen molar-refractivity contribution < 1.29 is 23.9 Å². The van der Waals surface area contributed by atoms with Crippen LogP contribution in [0.4, 0.5) is 5.69 Å². The molecule has 30 heavy (non-hydrogen) atoms. The summed E-state index contributed by atoms with van der Waals surface area (Å²) in [4.78, 5) is 50.3. The fourth-order valence-corrected chi connectivity index (χ4v) is 3.56. The van der Waals surface area contributed by atoms with E-state index in [0.29, 0.717) is 16.8 Å². The van der Waals surface area contributed by atoms with E-state index in [4.69, 9.17) is 4.74 Å². The summed E-state index contributed by atoms with van der Waals surface area (Å²) in [6.07, 6.45) is -1.20. The molecule has 0 saturated heterocycles. The second-order valence-electron chi connectivity index (χ2n) is 7.45. The molecule has 1 heterocycles. The number of nitrogens with zero attached hydrogens (tertiary/aromatic N) is 1. The van der Waals surface area contributed by atoms with Crippen molar-refractivity contribution in [3.63, 3.8) is 0 Å². The minimum atomic E-state index is -1.01. The Balaban J connectivity index is 1.55. The van der Waals surface area contributed by atoms with Crippen molar-refractivity contribution >= 4 is 29.4 Å². The van der Waals surface area contributed by atoms with Crippen LogP contribution in [-0.4, -0.2) is 41.2 Å². The van der Waals surface area contributed by atoms with E-state index in [2.05, 4.69) is 5.32 Å². The number of fused-ring (bicyclic) bond motifs is 1. The van der Waals surface area contributed by atoms with Crippen molar-refractivity contribution in [1.82, 2.24) is 4.90 Å². The summed E-state index contributed by atoms with van der Waals surface area (Å²) in [6.45, 7) is 7.15. The fourth-order valence-electron chi connectivity index (χ4n) is 3.56. The second kappa shape index (κ2) is 8.49. The molecule has 1 atom stereocenters. The number of carbonyl (C=O) groups is 4. The molecule has 156 valence electrons. The maximum atomic E-state index is 12.4. The normalized spacial score (nSPS) is 13.8. The molecular weight excluding hydrogens is 384 g/mol. The minimum absolute atomic E-state index is 0.101. The van der Waals surface area contributed by atoms with Crippen LogP contribution in [0.5, 0.6) is 0 Å². The van der Waals surface area contributed by atoms with Crippen molar-refractivity contribution in [3.05, 3.63) is 64.2 Å². The van der Waals surface area contributed by atoms with Crippen molar-refractivity contribution in [1.29, 1.82) is 0 Å². The van der Waals surface area contributed by atoms with E-state index in [0.717, 1.165) is 21.6 Å². The topological polar surface area (TPSA) is 92.8 Å². The van der Waals surface area contributed by atoms with E-state index in [1.54, 1.807) is 24.3 Å². The second-order valence-corrected chi connectivity index (χ2v) is 7.45. The van der Waals surface area contributed by atoms with Gasteiger partial charge in [0.1, 0.15) is 0 Å². The standard InChI is InChI=1S/C23H24N2O5/c1-13-11-14(2)20(15(3)12-13)24-21(27)16(4)30-19(26)9-10-25-22(28)17-7-5-6-8-18(17)23(25)29/h5-8,11-12,16H,9-10H2,1-4H3,(H,24,27). The molecule has 7 heteroatoms. The van der Waals surface area contributed by atoms with Crippen LogP contribution in [0.1, 0.15) is 50.8 Å². The van der Waals surface area contributed by atoms with Crippen LogP contribution in [0.25, 0.3) is 0 Å². The fraction of sp³-hybridized carbons (Fsp3) is 0.304. The highest BCUT2D eigenvalue weighted by atomic mass is 16.5. The Bertz CT molecular complexity index is 986. The lowest BCUT2D eigenvalue weighted by molar-refractivity contribution is -0.153. The summed E-state index contributed by atoms with van der Waals surface area (Å²) in [5.74, 6) is -1.97. The number of hydrogen-bond acceptors (Lipinski definition) is 5. The average molecular weight is 408 g/mol. The molecule has 1 N–H and O–H groups in total. The number of ether oxygens (including phenoxy) is 1. The smallest absolute Gasteiger partial charge is 0.308 e. The Morgan fingerprint density at radius 2 is 1.53 bits per heavy atom. The van der Waals surface area contributed by atoms with E-state index in [9.17, 15) is 19.2 Å². The third-order valence-electron chi connectivity index (χ3n) is 5.02. The van der Waals surface area contributed by atoms with E-state index in [1.165, 1.54) is 6.92 Å². The molecule has 2 aromatic rings. The first-order valence-corrected chi connectivity index (χ1v) is 9.72. The van der Waals surface area contributed by atoms with E-state index >= 15 is 0 Å². The SMILES string of the molecule is Cc1cc(C)c(NC(=O)C(C)OC(=O)CCN2C(=O)c3ccccc3C2=O)c(C)c1.